The number of hydrogen-bond donors (Lipinski definition) is 2. The van der Waals surface area contributed by atoms with Crippen molar-refractivity contribution >= 4 is 5.91 Å². The first-order chi connectivity index (χ1) is 9.29. The highest BCUT2D eigenvalue weighted by atomic mass is 16.2. The SMILES string of the molecule is CCC(Cc1ccccc1)NC(=O)C1CCCNC1. The number of carbonyl (C=O) groups is 1. The Morgan fingerprint density at radius 1 is 1.42 bits per heavy atom. The molecule has 1 amide bonds. The van der Waals surface area contributed by atoms with Crippen LogP contribution >= 0.6 is 0 Å². The van der Waals surface area contributed by atoms with Crippen molar-refractivity contribution in [2.45, 2.75) is 38.6 Å². The van der Waals surface area contributed by atoms with Crippen LogP contribution in [0.2, 0.25) is 0 Å². The van der Waals surface area contributed by atoms with Crippen LogP contribution in [0.25, 0.3) is 0 Å². The molecule has 2 N–H and O–H groups in total. The fourth-order valence-electron chi connectivity index (χ4n) is 2.59. The van der Waals surface area contributed by atoms with E-state index in [-0.39, 0.29) is 17.9 Å². The molecule has 0 bridgehead atoms. The second-order valence-electron chi connectivity index (χ2n) is 5.35. The van der Waals surface area contributed by atoms with E-state index >= 15 is 0 Å². The van der Waals surface area contributed by atoms with E-state index in [2.05, 4.69) is 41.8 Å². The Morgan fingerprint density at radius 3 is 2.84 bits per heavy atom. The van der Waals surface area contributed by atoms with E-state index in [1.54, 1.807) is 0 Å². The summed E-state index contributed by atoms with van der Waals surface area (Å²) >= 11 is 0. The molecule has 19 heavy (non-hydrogen) atoms. The zero-order valence-corrected chi connectivity index (χ0v) is 11.7. The number of rotatable bonds is 5. The summed E-state index contributed by atoms with van der Waals surface area (Å²) in [6.45, 7) is 4.01. The van der Waals surface area contributed by atoms with Crippen LogP contribution in [0.1, 0.15) is 31.7 Å². The Morgan fingerprint density at radius 2 is 2.21 bits per heavy atom. The molecule has 1 saturated heterocycles. The van der Waals surface area contributed by atoms with Gasteiger partial charge in [0.2, 0.25) is 5.91 Å². The maximum absolute atomic E-state index is 12.2. The molecule has 1 aliphatic heterocycles. The lowest BCUT2D eigenvalue weighted by Gasteiger charge is -2.25. The van der Waals surface area contributed by atoms with Gasteiger partial charge in [-0.05, 0) is 37.8 Å². The topological polar surface area (TPSA) is 41.1 Å². The van der Waals surface area contributed by atoms with E-state index < -0.39 is 0 Å². The van der Waals surface area contributed by atoms with Crippen molar-refractivity contribution in [3.63, 3.8) is 0 Å². The average molecular weight is 260 g/mol. The van der Waals surface area contributed by atoms with Crippen molar-refractivity contribution in [1.82, 2.24) is 10.6 Å². The molecule has 1 aromatic carbocycles. The maximum Gasteiger partial charge on any atom is 0.224 e. The van der Waals surface area contributed by atoms with Gasteiger partial charge in [0.05, 0.1) is 5.92 Å². The molecule has 1 fully saturated rings. The smallest absolute Gasteiger partial charge is 0.224 e. The van der Waals surface area contributed by atoms with Crippen LogP contribution in [0.15, 0.2) is 30.3 Å². The van der Waals surface area contributed by atoms with Crippen LogP contribution in [0.5, 0.6) is 0 Å². The molecular weight excluding hydrogens is 236 g/mol. The Labute approximate surface area is 115 Å². The summed E-state index contributed by atoms with van der Waals surface area (Å²) in [5.74, 6) is 0.369. The van der Waals surface area contributed by atoms with E-state index in [9.17, 15) is 4.79 Å². The summed E-state index contributed by atoms with van der Waals surface area (Å²) in [5.41, 5.74) is 1.29. The standard InChI is InChI=1S/C16H24N2O/c1-2-15(11-13-7-4-3-5-8-13)18-16(19)14-9-6-10-17-12-14/h3-5,7-8,14-15,17H,2,6,9-12H2,1H3,(H,18,19). The first-order valence-corrected chi connectivity index (χ1v) is 7.34. The first kappa shape index (κ1) is 14.1. The summed E-state index contributed by atoms with van der Waals surface area (Å²) in [6, 6.07) is 10.6. The molecule has 2 rings (SSSR count). The fourth-order valence-corrected chi connectivity index (χ4v) is 2.59. The van der Waals surface area contributed by atoms with Gasteiger partial charge in [-0.15, -0.1) is 0 Å². The highest BCUT2D eigenvalue weighted by Crippen LogP contribution is 2.12. The number of hydrogen-bond acceptors (Lipinski definition) is 2. The number of carbonyl (C=O) groups excluding carboxylic acids is 1. The number of amides is 1. The molecule has 3 nitrogen and oxygen atoms in total. The van der Waals surface area contributed by atoms with E-state index in [0.717, 1.165) is 38.8 Å². The molecule has 3 heteroatoms. The van der Waals surface area contributed by atoms with Crippen LogP contribution in [-0.4, -0.2) is 25.0 Å². The largest absolute Gasteiger partial charge is 0.353 e. The van der Waals surface area contributed by atoms with E-state index in [4.69, 9.17) is 0 Å². The molecule has 1 heterocycles. The quantitative estimate of drug-likeness (QED) is 0.851. The van der Waals surface area contributed by atoms with Gasteiger partial charge in [0, 0.05) is 12.6 Å². The third-order valence-corrected chi connectivity index (χ3v) is 3.83. The van der Waals surface area contributed by atoms with Gasteiger partial charge in [-0.2, -0.15) is 0 Å². The fraction of sp³-hybridized carbons (Fsp3) is 0.562. The van der Waals surface area contributed by atoms with Crippen molar-refractivity contribution in [3.05, 3.63) is 35.9 Å². The van der Waals surface area contributed by atoms with Crippen molar-refractivity contribution in [2.75, 3.05) is 13.1 Å². The van der Waals surface area contributed by atoms with Crippen LogP contribution in [0.4, 0.5) is 0 Å². The molecule has 1 aromatic rings. The van der Waals surface area contributed by atoms with Gasteiger partial charge in [-0.1, -0.05) is 37.3 Å². The van der Waals surface area contributed by atoms with Crippen molar-refractivity contribution < 1.29 is 4.79 Å². The zero-order valence-electron chi connectivity index (χ0n) is 11.7. The molecule has 2 unspecified atom stereocenters. The molecule has 0 saturated carbocycles. The molecule has 0 aliphatic carbocycles. The second-order valence-corrected chi connectivity index (χ2v) is 5.35. The minimum Gasteiger partial charge on any atom is -0.353 e. The molecule has 2 atom stereocenters. The maximum atomic E-state index is 12.2. The Balaban J connectivity index is 1.86. The summed E-state index contributed by atoms with van der Waals surface area (Å²) < 4.78 is 0. The normalized spacial score (nSPS) is 20.8. The summed E-state index contributed by atoms with van der Waals surface area (Å²) in [5, 5.41) is 6.50. The lowest BCUT2D eigenvalue weighted by Crippen LogP contribution is -2.44. The third-order valence-electron chi connectivity index (χ3n) is 3.83. The van der Waals surface area contributed by atoms with Crippen molar-refractivity contribution in [1.29, 1.82) is 0 Å². The lowest BCUT2D eigenvalue weighted by molar-refractivity contribution is -0.126. The van der Waals surface area contributed by atoms with Gasteiger partial charge in [0.1, 0.15) is 0 Å². The molecule has 0 spiro atoms. The number of piperidine rings is 1. The Bertz CT molecular complexity index is 385. The van der Waals surface area contributed by atoms with Gasteiger partial charge in [-0.25, -0.2) is 0 Å². The predicted molar refractivity (Wildman–Crippen MR) is 78.0 cm³/mol. The summed E-state index contributed by atoms with van der Waals surface area (Å²) in [4.78, 5) is 12.2. The van der Waals surface area contributed by atoms with Crippen LogP contribution < -0.4 is 10.6 Å². The molecule has 0 aromatic heterocycles. The molecular formula is C16H24N2O. The van der Waals surface area contributed by atoms with E-state index in [1.807, 2.05) is 6.07 Å². The van der Waals surface area contributed by atoms with Crippen molar-refractivity contribution in [3.8, 4) is 0 Å². The lowest BCUT2D eigenvalue weighted by atomic mass is 9.97. The second kappa shape index (κ2) is 7.29. The van der Waals surface area contributed by atoms with Crippen LogP contribution in [-0.2, 0) is 11.2 Å². The average Bonchev–Trinajstić information content (AvgIpc) is 2.48. The van der Waals surface area contributed by atoms with E-state index in [0.29, 0.717) is 0 Å². The first-order valence-electron chi connectivity index (χ1n) is 7.34. The van der Waals surface area contributed by atoms with Gasteiger partial charge in [-0.3, -0.25) is 4.79 Å². The Hall–Kier alpha value is -1.35. The summed E-state index contributed by atoms with van der Waals surface area (Å²) in [6.07, 6.45) is 4.01. The van der Waals surface area contributed by atoms with Crippen LogP contribution in [0, 0.1) is 5.92 Å². The van der Waals surface area contributed by atoms with Crippen LogP contribution in [0.3, 0.4) is 0 Å². The highest BCUT2D eigenvalue weighted by Gasteiger charge is 2.22. The van der Waals surface area contributed by atoms with Gasteiger partial charge >= 0.3 is 0 Å². The highest BCUT2D eigenvalue weighted by molar-refractivity contribution is 5.79. The predicted octanol–water partition coefficient (Wildman–Crippen LogP) is 2.12. The van der Waals surface area contributed by atoms with Gasteiger partial charge in [0.25, 0.3) is 0 Å². The van der Waals surface area contributed by atoms with Gasteiger partial charge in [0.15, 0.2) is 0 Å². The third kappa shape index (κ3) is 4.35. The minimum atomic E-state index is 0.151. The number of benzene rings is 1. The Kier molecular flexibility index (Phi) is 5.40. The zero-order chi connectivity index (χ0) is 13.5. The summed E-state index contributed by atoms with van der Waals surface area (Å²) in [7, 11) is 0. The number of nitrogens with one attached hydrogen (secondary N) is 2. The van der Waals surface area contributed by atoms with Crippen molar-refractivity contribution in [2.24, 2.45) is 5.92 Å². The molecule has 104 valence electrons. The van der Waals surface area contributed by atoms with E-state index in [1.165, 1.54) is 5.56 Å². The molecule has 0 radical (unpaired) electrons. The monoisotopic (exact) mass is 260 g/mol. The van der Waals surface area contributed by atoms with Gasteiger partial charge < -0.3 is 10.6 Å². The minimum absolute atomic E-state index is 0.151. The molecule has 1 aliphatic rings.